The van der Waals surface area contributed by atoms with Crippen molar-refractivity contribution in [3.8, 4) is 0 Å². The first-order valence-corrected chi connectivity index (χ1v) is 11.0. The molecule has 0 aliphatic carbocycles. The highest BCUT2D eigenvalue weighted by atomic mass is 16.6. The second-order valence-corrected chi connectivity index (χ2v) is 7.68. The van der Waals surface area contributed by atoms with E-state index in [1.54, 1.807) is 0 Å². The Bertz CT molecular complexity index is 443. The first kappa shape index (κ1) is 26.9. The molecule has 0 spiro atoms. The standard InChI is InChI=1S/C22H44N2O4/c1-11-21(23(13-3)14-4,19(25)27-17(7)8)22(12-2,24(15-5)16-6)20(26)28-18(9)10/h17-18H,11-16H2,1-10H3. The Morgan fingerprint density at radius 3 is 1.04 bits per heavy atom. The van der Waals surface area contributed by atoms with Gasteiger partial charge in [0, 0.05) is 0 Å². The van der Waals surface area contributed by atoms with E-state index in [0.29, 0.717) is 39.0 Å². The van der Waals surface area contributed by atoms with Crippen molar-refractivity contribution in [3.63, 3.8) is 0 Å². The fourth-order valence-electron chi connectivity index (χ4n) is 4.59. The van der Waals surface area contributed by atoms with Crippen LogP contribution in [0, 0.1) is 0 Å². The van der Waals surface area contributed by atoms with Gasteiger partial charge >= 0.3 is 11.9 Å². The summed E-state index contributed by atoms with van der Waals surface area (Å²) in [6.07, 6.45) is 0.387. The SMILES string of the molecule is CCN(CC)C(CC)(C(=O)OC(C)C)C(CC)(C(=O)OC(C)C)N(CC)CC. The predicted octanol–water partition coefficient (Wildman–Crippen LogP) is 3.87. The number of rotatable bonds is 13. The molecule has 166 valence electrons. The Morgan fingerprint density at radius 2 is 0.893 bits per heavy atom. The van der Waals surface area contributed by atoms with Crippen LogP contribution in [0.4, 0.5) is 0 Å². The lowest BCUT2D eigenvalue weighted by Crippen LogP contribution is -2.77. The summed E-state index contributed by atoms with van der Waals surface area (Å²) in [5.41, 5.74) is -2.26. The highest BCUT2D eigenvalue weighted by molar-refractivity contribution is 5.95. The molecule has 28 heavy (non-hydrogen) atoms. The fourth-order valence-corrected chi connectivity index (χ4v) is 4.59. The maximum Gasteiger partial charge on any atom is 0.329 e. The van der Waals surface area contributed by atoms with Gasteiger partial charge in [0.05, 0.1) is 12.2 Å². The molecule has 0 rings (SSSR count). The van der Waals surface area contributed by atoms with Crippen molar-refractivity contribution in [1.82, 2.24) is 9.80 Å². The summed E-state index contributed by atoms with van der Waals surface area (Å²) in [5, 5.41) is 0. The molecule has 0 aromatic carbocycles. The van der Waals surface area contributed by atoms with Crippen molar-refractivity contribution in [1.29, 1.82) is 0 Å². The molecule has 2 atom stereocenters. The average Bonchev–Trinajstić information content (AvgIpc) is 2.63. The molecule has 0 aliphatic heterocycles. The van der Waals surface area contributed by atoms with E-state index in [2.05, 4.69) is 9.80 Å². The van der Waals surface area contributed by atoms with Gasteiger partial charge in [0.25, 0.3) is 0 Å². The van der Waals surface area contributed by atoms with Gasteiger partial charge in [0.15, 0.2) is 0 Å². The second kappa shape index (κ2) is 11.8. The molecule has 0 bridgehead atoms. The molecule has 0 saturated heterocycles. The van der Waals surface area contributed by atoms with Crippen LogP contribution in [0.2, 0.25) is 0 Å². The van der Waals surface area contributed by atoms with Gasteiger partial charge < -0.3 is 9.47 Å². The van der Waals surface area contributed by atoms with Crippen molar-refractivity contribution >= 4 is 11.9 Å². The van der Waals surface area contributed by atoms with Crippen molar-refractivity contribution in [2.45, 2.75) is 105 Å². The Kier molecular flexibility index (Phi) is 11.3. The molecule has 0 fully saturated rings. The summed E-state index contributed by atoms with van der Waals surface area (Å²) in [6.45, 7) is 21.9. The third-order valence-corrected chi connectivity index (χ3v) is 5.67. The Balaban J connectivity index is 7.06. The molecular formula is C22H44N2O4. The Hall–Kier alpha value is -1.14. The maximum atomic E-state index is 13.7. The van der Waals surface area contributed by atoms with Crippen LogP contribution in [-0.4, -0.2) is 71.2 Å². The molecule has 2 unspecified atom stereocenters. The van der Waals surface area contributed by atoms with Gasteiger partial charge in [-0.25, -0.2) is 9.59 Å². The minimum atomic E-state index is -1.13. The van der Waals surface area contributed by atoms with E-state index in [4.69, 9.17) is 9.47 Å². The smallest absolute Gasteiger partial charge is 0.329 e. The molecular weight excluding hydrogens is 356 g/mol. The van der Waals surface area contributed by atoms with E-state index in [0.717, 1.165) is 0 Å². The number of esters is 2. The largest absolute Gasteiger partial charge is 0.462 e. The molecule has 6 nitrogen and oxygen atoms in total. The maximum absolute atomic E-state index is 13.7. The third-order valence-electron chi connectivity index (χ3n) is 5.67. The van der Waals surface area contributed by atoms with Crippen LogP contribution in [0.1, 0.15) is 82.1 Å². The van der Waals surface area contributed by atoms with Gasteiger partial charge in [-0.05, 0) is 66.7 Å². The van der Waals surface area contributed by atoms with Gasteiger partial charge in [-0.1, -0.05) is 41.5 Å². The summed E-state index contributed by atoms with van der Waals surface area (Å²) < 4.78 is 11.6. The van der Waals surface area contributed by atoms with Gasteiger partial charge in [-0.15, -0.1) is 0 Å². The van der Waals surface area contributed by atoms with Gasteiger partial charge in [-0.3, -0.25) is 9.80 Å². The summed E-state index contributed by atoms with van der Waals surface area (Å²) in [6, 6.07) is 0. The summed E-state index contributed by atoms with van der Waals surface area (Å²) in [5.74, 6) is -0.689. The minimum Gasteiger partial charge on any atom is -0.462 e. The molecule has 0 N–H and O–H groups in total. The van der Waals surface area contributed by atoms with E-state index < -0.39 is 11.1 Å². The number of likely N-dealkylation sites (N-methyl/N-ethyl adjacent to an activating group) is 2. The first-order chi connectivity index (χ1) is 13.1. The summed E-state index contributed by atoms with van der Waals surface area (Å²) >= 11 is 0. The second-order valence-electron chi connectivity index (χ2n) is 7.68. The molecule has 6 heteroatoms. The zero-order valence-corrected chi connectivity index (χ0v) is 19.9. The molecule has 0 heterocycles. The minimum absolute atomic E-state index is 0.263. The highest BCUT2D eigenvalue weighted by Gasteiger charge is 2.65. The Morgan fingerprint density at radius 1 is 0.643 bits per heavy atom. The number of nitrogens with zero attached hydrogens (tertiary/aromatic N) is 2. The van der Waals surface area contributed by atoms with Crippen molar-refractivity contribution in [3.05, 3.63) is 0 Å². The molecule has 0 amide bonds. The highest BCUT2D eigenvalue weighted by Crippen LogP contribution is 2.42. The average molecular weight is 401 g/mol. The number of carbonyl (C=O) groups excluding carboxylic acids is 2. The number of carbonyl (C=O) groups is 2. The quantitative estimate of drug-likeness (QED) is 0.437. The molecule has 0 aromatic heterocycles. The van der Waals surface area contributed by atoms with Crippen molar-refractivity contribution < 1.29 is 19.1 Å². The topological polar surface area (TPSA) is 59.1 Å². The fraction of sp³-hybridized carbons (Fsp3) is 0.909. The van der Waals surface area contributed by atoms with Crippen LogP contribution in [0.5, 0.6) is 0 Å². The summed E-state index contributed by atoms with van der Waals surface area (Å²) in [7, 11) is 0. The van der Waals surface area contributed by atoms with Crippen LogP contribution < -0.4 is 0 Å². The molecule has 0 aromatic rings. The van der Waals surface area contributed by atoms with E-state index >= 15 is 0 Å². The van der Waals surface area contributed by atoms with E-state index in [9.17, 15) is 9.59 Å². The van der Waals surface area contributed by atoms with E-state index in [1.807, 2.05) is 69.2 Å². The number of hydrogen-bond donors (Lipinski definition) is 0. The lowest BCUT2D eigenvalue weighted by atomic mass is 9.69. The van der Waals surface area contributed by atoms with Gasteiger partial charge in [0.2, 0.25) is 0 Å². The Labute approximate surface area is 172 Å². The molecule has 0 saturated carbocycles. The van der Waals surface area contributed by atoms with Crippen LogP contribution in [0.25, 0.3) is 0 Å². The van der Waals surface area contributed by atoms with Crippen molar-refractivity contribution in [2.75, 3.05) is 26.2 Å². The van der Waals surface area contributed by atoms with Gasteiger partial charge in [0.1, 0.15) is 11.1 Å². The van der Waals surface area contributed by atoms with E-state index in [-0.39, 0.29) is 24.1 Å². The zero-order valence-electron chi connectivity index (χ0n) is 19.9. The lowest BCUT2D eigenvalue weighted by Gasteiger charge is -2.56. The van der Waals surface area contributed by atoms with E-state index in [1.165, 1.54) is 0 Å². The molecule has 0 aliphatic rings. The van der Waals surface area contributed by atoms with Crippen LogP contribution in [0.15, 0.2) is 0 Å². The lowest BCUT2D eigenvalue weighted by molar-refractivity contribution is -0.195. The monoisotopic (exact) mass is 400 g/mol. The summed E-state index contributed by atoms with van der Waals surface area (Å²) in [4.78, 5) is 31.6. The number of ether oxygens (including phenoxy) is 2. The third kappa shape index (κ3) is 4.88. The van der Waals surface area contributed by atoms with Gasteiger partial charge in [-0.2, -0.15) is 0 Å². The van der Waals surface area contributed by atoms with Crippen LogP contribution >= 0.6 is 0 Å². The zero-order chi connectivity index (χ0) is 22.1. The first-order valence-electron chi connectivity index (χ1n) is 11.0. The predicted molar refractivity (Wildman–Crippen MR) is 114 cm³/mol. The normalized spacial score (nSPS) is 16.4. The van der Waals surface area contributed by atoms with Crippen molar-refractivity contribution in [2.24, 2.45) is 0 Å². The van der Waals surface area contributed by atoms with Crippen LogP contribution in [0.3, 0.4) is 0 Å². The molecule has 0 radical (unpaired) electrons. The van der Waals surface area contributed by atoms with Crippen LogP contribution in [-0.2, 0) is 19.1 Å². The number of hydrogen-bond acceptors (Lipinski definition) is 6.